The van der Waals surface area contributed by atoms with E-state index in [9.17, 15) is 0 Å². The van der Waals surface area contributed by atoms with Gasteiger partial charge in [-0.05, 0) is 31.2 Å². The minimum absolute atomic E-state index is 0.671. The molecule has 2 unspecified atom stereocenters. The Balaban J connectivity index is 2.02. The highest BCUT2D eigenvalue weighted by Crippen LogP contribution is 2.24. The van der Waals surface area contributed by atoms with E-state index in [2.05, 4.69) is 23.5 Å². The average molecular weight is 179 g/mol. The van der Waals surface area contributed by atoms with E-state index in [1.54, 1.807) is 0 Å². The SMILES string of the molecule is CC1CCC(c2cnn(C)c2)CN1. The van der Waals surface area contributed by atoms with Crippen LogP contribution in [0, 0.1) is 0 Å². The van der Waals surface area contributed by atoms with E-state index >= 15 is 0 Å². The standard InChI is InChI=1S/C10H17N3/c1-8-3-4-9(5-11-8)10-6-12-13(2)7-10/h6-9,11H,3-5H2,1-2H3. The maximum Gasteiger partial charge on any atom is 0.0524 e. The van der Waals surface area contributed by atoms with Crippen LogP contribution in [0.4, 0.5) is 0 Å². The molecule has 2 heterocycles. The van der Waals surface area contributed by atoms with E-state index in [-0.39, 0.29) is 0 Å². The predicted molar refractivity (Wildman–Crippen MR) is 52.6 cm³/mol. The molecule has 1 N–H and O–H groups in total. The quantitative estimate of drug-likeness (QED) is 0.703. The summed E-state index contributed by atoms with van der Waals surface area (Å²) in [5.41, 5.74) is 1.38. The van der Waals surface area contributed by atoms with Crippen LogP contribution in [0.1, 0.15) is 31.2 Å². The summed E-state index contributed by atoms with van der Waals surface area (Å²) in [5, 5.41) is 7.70. The summed E-state index contributed by atoms with van der Waals surface area (Å²) in [6.07, 6.45) is 6.68. The molecule has 0 bridgehead atoms. The molecule has 0 aliphatic carbocycles. The average Bonchev–Trinajstić information content (AvgIpc) is 2.53. The van der Waals surface area contributed by atoms with Crippen LogP contribution < -0.4 is 5.32 Å². The van der Waals surface area contributed by atoms with Gasteiger partial charge in [0.25, 0.3) is 0 Å². The molecule has 0 aromatic carbocycles. The molecule has 1 fully saturated rings. The van der Waals surface area contributed by atoms with Crippen molar-refractivity contribution in [3.63, 3.8) is 0 Å². The van der Waals surface area contributed by atoms with Gasteiger partial charge in [-0.15, -0.1) is 0 Å². The van der Waals surface area contributed by atoms with E-state index in [4.69, 9.17) is 0 Å². The van der Waals surface area contributed by atoms with Crippen molar-refractivity contribution in [2.24, 2.45) is 7.05 Å². The van der Waals surface area contributed by atoms with Crippen LogP contribution in [0.3, 0.4) is 0 Å². The molecule has 3 heteroatoms. The first-order valence-corrected chi connectivity index (χ1v) is 4.97. The van der Waals surface area contributed by atoms with Crippen molar-refractivity contribution in [1.82, 2.24) is 15.1 Å². The Kier molecular flexibility index (Phi) is 2.36. The lowest BCUT2D eigenvalue weighted by Gasteiger charge is -2.26. The van der Waals surface area contributed by atoms with Crippen LogP contribution in [0.2, 0.25) is 0 Å². The van der Waals surface area contributed by atoms with Crippen molar-refractivity contribution in [2.45, 2.75) is 31.7 Å². The van der Waals surface area contributed by atoms with Crippen molar-refractivity contribution in [3.05, 3.63) is 18.0 Å². The number of aromatic nitrogens is 2. The summed E-state index contributed by atoms with van der Waals surface area (Å²) in [5.74, 6) is 0.671. The molecule has 2 rings (SSSR count). The number of nitrogens with one attached hydrogen (secondary N) is 1. The first-order chi connectivity index (χ1) is 6.25. The number of rotatable bonds is 1. The summed E-state index contributed by atoms with van der Waals surface area (Å²) >= 11 is 0. The molecular formula is C10H17N3. The lowest BCUT2D eigenvalue weighted by molar-refractivity contribution is 0.385. The van der Waals surface area contributed by atoms with Crippen molar-refractivity contribution < 1.29 is 0 Å². The Bertz CT molecular complexity index is 271. The maximum atomic E-state index is 4.20. The van der Waals surface area contributed by atoms with E-state index in [1.165, 1.54) is 18.4 Å². The van der Waals surface area contributed by atoms with Gasteiger partial charge in [-0.1, -0.05) is 0 Å². The molecular weight excluding hydrogens is 162 g/mol. The molecule has 13 heavy (non-hydrogen) atoms. The third kappa shape index (κ3) is 1.91. The van der Waals surface area contributed by atoms with Crippen molar-refractivity contribution in [1.29, 1.82) is 0 Å². The molecule has 1 aliphatic rings. The topological polar surface area (TPSA) is 29.9 Å². The van der Waals surface area contributed by atoms with Gasteiger partial charge in [-0.2, -0.15) is 5.10 Å². The molecule has 1 saturated heterocycles. The Hall–Kier alpha value is -0.830. The van der Waals surface area contributed by atoms with Crippen LogP contribution in [0.25, 0.3) is 0 Å². The fraction of sp³-hybridized carbons (Fsp3) is 0.700. The van der Waals surface area contributed by atoms with Gasteiger partial charge in [0, 0.05) is 25.8 Å². The lowest BCUT2D eigenvalue weighted by Crippen LogP contribution is -2.35. The molecule has 3 nitrogen and oxygen atoms in total. The molecule has 2 atom stereocenters. The van der Waals surface area contributed by atoms with Crippen LogP contribution in [-0.4, -0.2) is 22.4 Å². The normalized spacial score (nSPS) is 29.1. The van der Waals surface area contributed by atoms with Crippen molar-refractivity contribution >= 4 is 0 Å². The zero-order valence-electron chi connectivity index (χ0n) is 8.33. The van der Waals surface area contributed by atoms with E-state index in [0.29, 0.717) is 12.0 Å². The van der Waals surface area contributed by atoms with Gasteiger partial charge in [-0.25, -0.2) is 0 Å². The highest BCUT2D eigenvalue weighted by Gasteiger charge is 2.19. The Morgan fingerprint density at radius 1 is 1.54 bits per heavy atom. The molecule has 72 valence electrons. The summed E-state index contributed by atoms with van der Waals surface area (Å²) in [6, 6.07) is 0.688. The number of nitrogens with zero attached hydrogens (tertiary/aromatic N) is 2. The van der Waals surface area contributed by atoms with Crippen molar-refractivity contribution in [3.8, 4) is 0 Å². The van der Waals surface area contributed by atoms with Crippen LogP contribution >= 0.6 is 0 Å². The first kappa shape index (κ1) is 8.75. The third-order valence-electron chi connectivity index (χ3n) is 2.86. The molecule has 0 amide bonds. The molecule has 1 aromatic rings. The van der Waals surface area contributed by atoms with E-state index in [1.807, 2.05) is 17.9 Å². The van der Waals surface area contributed by atoms with Gasteiger partial charge < -0.3 is 5.32 Å². The van der Waals surface area contributed by atoms with E-state index < -0.39 is 0 Å². The minimum atomic E-state index is 0.671. The predicted octanol–water partition coefficient (Wildman–Crippen LogP) is 1.28. The second-order valence-electron chi connectivity index (χ2n) is 4.03. The molecule has 0 spiro atoms. The summed E-state index contributed by atoms with van der Waals surface area (Å²) < 4.78 is 1.88. The smallest absolute Gasteiger partial charge is 0.0524 e. The third-order valence-corrected chi connectivity index (χ3v) is 2.86. The Morgan fingerprint density at radius 3 is 2.92 bits per heavy atom. The fourth-order valence-electron chi connectivity index (χ4n) is 1.93. The summed E-state index contributed by atoms with van der Waals surface area (Å²) in [6.45, 7) is 3.35. The molecule has 1 aromatic heterocycles. The van der Waals surface area contributed by atoms with E-state index in [0.717, 1.165) is 6.54 Å². The highest BCUT2D eigenvalue weighted by molar-refractivity contribution is 5.12. The highest BCUT2D eigenvalue weighted by atomic mass is 15.2. The number of hydrogen-bond acceptors (Lipinski definition) is 2. The van der Waals surface area contributed by atoms with Gasteiger partial charge >= 0.3 is 0 Å². The zero-order chi connectivity index (χ0) is 9.26. The van der Waals surface area contributed by atoms with Gasteiger partial charge in [0.2, 0.25) is 0 Å². The largest absolute Gasteiger partial charge is 0.314 e. The molecule has 0 radical (unpaired) electrons. The second kappa shape index (κ2) is 3.50. The lowest BCUT2D eigenvalue weighted by atomic mass is 9.91. The Morgan fingerprint density at radius 2 is 2.38 bits per heavy atom. The molecule has 0 saturated carbocycles. The molecule has 1 aliphatic heterocycles. The zero-order valence-corrected chi connectivity index (χ0v) is 8.33. The summed E-state index contributed by atoms with van der Waals surface area (Å²) in [4.78, 5) is 0. The maximum absolute atomic E-state index is 4.20. The van der Waals surface area contributed by atoms with Gasteiger partial charge in [-0.3, -0.25) is 4.68 Å². The van der Waals surface area contributed by atoms with Crippen LogP contribution in [0.15, 0.2) is 12.4 Å². The number of hydrogen-bond donors (Lipinski definition) is 1. The Labute approximate surface area is 79.1 Å². The summed E-state index contributed by atoms with van der Waals surface area (Å²) in [7, 11) is 1.97. The van der Waals surface area contributed by atoms with Crippen LogP contribution in [0.5, 0.6) is 0 Å². The minimum Gasteiger partial charge on any atom is -0.314 e. The number of piperidine rings is 1. The second-order valence-corrected chi connectivity index (χ2v) is 4.03. The fourth-order valence-corrected chi connectivity index (χ4v) is 1.93. The van der Waals surface area contributed by atoms with Gasteiger partial charge in [0.15, 0.2) is 0 Å². The van der Waals surface area contributed by atoms with Gasteiger partial charge in [0.05, 0.1) is 6.20 Å². The first-order valence-electron chi connectivity index (χ1n) is 4.97. The number of aryl methyl sites for hydroxylation is 1. The monoisotopic (exact) mass is 179 g/mol. The van der Waals surface area contributed by atoms with Gasteiger partial charge in [0.1, 0.15) is 0 Å². The van der Waals surface area contributed by atoms with Crippen molar-refractivity contribution in [2.75, 3.05) is 6.54 Å². The van der Waals surface area contributed by atoms with Crippen LogP contribution in [-0.2, 0) is 7.05 Å².